The van der Waals surface area contributed by atoms with Crippen LogP contribution in [0.2, 0.25) is 5.02 Å². The molecule has 1 fully saturated rings. The number of nitrogens with zero attached hydrogens (tertiary/aromatic N) is 2. The molecular formula is C25H25ClN4O2S2. The Kier molecular flexibility index (Phi) is 7.82. The van der Waals surface area contributed by atoms with Crippen molar-refractivity contribution in [1.82, 2.24) is 10.2 Å². The number of carbonyl (C=O) groups excluding carboxylic acids is 2. The predicted octanol–water partition coefficient (Wildman–Crippen LogP) is 5.05. The average molecular weight is 513 g/mol. The van der Waals surface area contributed by atoms with Gasteiger partial charge in [0.25, 0.3) is 11.8 Å². The number of thiophene rings is 1. The minimum Gasteiger partial charge on any atom is -0.367 e. The Morgan fingerprint density at radius 3 is 2.41 bits per heavy atom. The molecule has 0 aliphatic carbocycles. The maximum atomic E-state index is 12.6. The Morgan fingerprint density at radius 1 is 1.06 bits per heavy atom. The van der Waals surface area contributed by atoms with Gasteiger partial charge in [0, 0.05) is 37.4 Å². The monoisotopic (exact) mass is 512 g/mol. The van der Waals surface area contributed by atoms with Gasteiger partial charge in [0.05, 0.1) is 15.6 Å². The van der Waals surface area contributed by atoms with Crippen LogP contribution < -0.4 is 15.5 Å². The van der Waals surface area contributed by atoms with Crippen molar-refractivity contribution in [2.75, 3.05) is 36.4 Å². The fourth-order valence-corrected chi connectivity index (χ4v) is 4.98. The van der Waals surface area contributed by atoms with E-state index in [1.165, 1.54) is 16.9 Å². The number of hydrogen-bond donors (Lipinski definition) is 2. The molecule has 0 spiro atoms. The third-order valence-electron chi connectivity index (χ3n) is 5.70. The van der Waals surface area contributed by atoms with E-state index in [1.807, 2.05) is 46.7 Å². The second-order valence-electron chi connectivity index (χ2n) is 7.88. The lowest BCUT2D eigenvalue weighted by Crippen LogP contribution is -2.48. The second kappa shape index (κ2) is 11.0. The topological polar surface area (TPSA) is 64.7 Å². The highest BCUT2D eigenvalue weighted by Crippen LogP contribution is 2.30. The number of hydrogen-bond acceptors (Lipinski definition) is 5. The van der Waals surface area contributed by atoms with Crippen molar-refractivity contribution in [3.8, 4) is 0 Å². The van der Waals surface area contributed by atoms with E-state index in [-0.39, 0.29) is 16.9 Å². The summed E-state index contributed by atoms with van der Waals surface area (Å²) in [5, 5.41) is 8.41. The number of rotatable bonds is 5. The first-order valence-corrected chi connectivity index (χ1v) is 12.7. The quantitative estimate of drug-likeness (QED) is 0.468. The highest BCUT2D eigenvalue weighted by molar-refractivity contribution is 7.80. The van der Waals surface area contributed by atoms with Gasteiger partial charge in [-0.25, -0.2) is 0 Å². The third-order valence-corrected chi connectivity index (χ3v) is 7.06. The molecule has 0 atom stereocenters. The number of anilines is 2. The first kappa shape index (κ1) is 24.2. The summed E-state index contributed by atoms with van der Waals surface area (Å²) in [4.78, 5) is 29.8. The summed E-state index contributed by atoms with van der Waals surface area (Å²) >= 11 is 13.3. The molecule has 2 amide bonds. The van der Waals surface area contributed by atoms with Crippen LogP contribution in [0.25, 0.3) is 0 Å². The van der Waals surface area contributed by atoms with Gasteiger partial charge in [0.1, 0.15) is 0 Å². The molecule has 0 bridgehead atoms. The van der Waals surface area contributed by atoms with Gasteiger partial charge in [-0.1, -0.05) is 36.7 Å². The average Bonchev–Trinajstić information content (AvgIpc) is 3.39. The summed E-state index contributed by atoms with van der Waals surface area (Å²) < 4.78 is 0. The number of amides is 2. The Morgan fingerprint density at radius 2 is 1.79 bits per heavy atom. The minimum atomic E-state index is -0.266. The molecule has 1 aromatic heterocycles. The maximum absolute atomic E-state index is 12.6. The number of halogens is 1. The van der Waals surface area contributed by atoms with Gasteiger partial charge in [0.2, 0.25) is 0 Å². The Balaban J connectivity index is 1.31. The summed E-state index contributed by atoms with van der Waals surface area (Å²) in [5.41, 5.74) is 3.31. The fraction of sp³-hybridized carbons (Fsp3) is 0.240. The molecule has 1 saturated heterocycles. The first-order chi connectivity index (χ1) is 16.4. The molecular weight excluding hydrogens is 488 g/mol. The lowest BCUT2D eigenvalue weighted by Gasteiger charge is -2.36. The zero-order chi connectivity index (χ0) is 24.1. The molecule has 9 heteroatoms. The summed E-state index contributed by atoms with van der Waals surface area (Å²) in [6.07, 6.45) is 0.918. The number of piperazine rings is 1. The molecule has 6 nitrogen and oxygen atoms in total. The number of nitrogens with one attached hydrogen (secondary N) is 2. The van der Waals surface area contributed by atoms with Gasteiger partial charge in [-0.15, -0.1) is 11.3 Å². The van der Waals surface area contributed by atoms with Gasteiger partial charge in [0.15, 0.2) is 5.11 Å². The van der Waals surface area contributed by atoms with Crippen LogP contribution >= 0.6 is 35.2 Å². The summed E-state index contributed by atoms with van der Waals surface area (Å²) in [5.74, 6) is -0.185. The minimum absolute atomic E-state index is 0.0807. The molecule has 3 aromatic rings. The van der Waals surface area contributed by atoms with Crippen LogP contribution in [0.5, 0.6) is 0 Å². The zero-order valence-corrected chi connectivity index (χ0v) is 21.1. The number of carbonyl (C=O) groups is 2. The van der Waals surface area contributed by atoms with Crippen LogP contribution in [0.15, 0.2) is 60.0 Å². The molecule has 2 N–H and O–H groups in total. The Labute approximate surface area is 213 Å². The molecule has 0 unspecified atom stereocenters. The van der Waals surface area contributed by atoms with E-state index in [0.717, 1.165) is 17.0 Å². The smallest absolute Gasteiger partial charge is 0.264 e. The van der Waals surface area contributed by atoms with Crippen LogP contribution in [-0.2, 0) is 6.42 Å². The molecule has 1 aliphatic heterocycles. The van der Waals surface area contributed by atoms with Crippen molar-refractivity contribution < 1.29 is 9.59 Å². The number of thiocarbonyl (C=S) groups is 1. The molecule has 4 rings (SSSR count). The third kappa shape index (κ3) is 5.75. The van der Waals surface area contributed by atoms with Gasteiger partial charge in [-0.2, -0.15) is 0 Å². The standard InChI is InChI=1S/C25H25ClN4O2S2/c1-2-17-5-7-18(8-6-17)23(31)28-25(33)27-19-9-10-21(20(26)16-19)29-11-13-30(14-12-29)24(32)22-4-3-15-34-22/h3-10,15-16H,2,11-14H2,1H3,(H2,27,28,31,33). The Bertz CT molecular complexity index is 1170. The molecule has 0 radical (unpaired) electrons. The maximum Gasteiger partial charge on any atom is 0.264 e. The molecule has 176 valence electrons. The zero-order valence-electron chi connectivity index (χ0n) is 18.7. The van der Waals surface area contributed by atoms with Gasteiger partial charge in [-0.3, -0.25) is 14.9 Å². The normalized spacial score (nSPS) is 13.5. The lowest BCUT2D eigenvalue weighted by molar-refractivity contribution is 0.0751. The highest BCUT2D eigenvalue weighted by Gasteiger charge is 2.24. The van der Waals surface area contributed by atoms with E-state index in [2.05, 4.69) is 22.5 Å². The van der Waals surface area contributed by atoms with Crippen molar-refractivity contribution in [2.24, 2.45) is 0 Å². The lowest BCUT2D eigenvalue weighted by atomic mass is 10.1. The second-order valence-corrected chi connectivity index (χ2v) is 9.64. The number of benzene rings is 2. The molecule has 1 aliphatic rings. The molecule has 34 heavy (non-hydrogen) atoms. The largest absolute Gasteiger partial charge is 0.367 e. The highest BCUT2D eigenvalue weighted by atomic mass is 35.5. The van der Waals surface area contributed by atoms with Crippen LogP contribution in [0, 0.1) is 0 Å². The van der Waals surface area contributed by atoms with Crippen LogP contribution in [0.3, 0.4) is 0 Å². The molecule has 2 aromatic carbocycles. The SMILES string of the molecule is CCc1ccc(C(=O)NC(=S)Nc2ccc(N3CCN(C(=O)c4cccs4)CC3)c(Cl)c2)cc1. The number of aryl methyl sites for hydroxylation is 1. The van der Waals surface area contributed by atoms with Crippen molar-refractivity contribution in [1.29, 1.82) is 0 Å². The Hall–Kier alpha value is -2.94. The van der Waals surface area contributed by atoms with E-state index in [0.29, 0.717) is 42.5 Å². The van der Waals surface area contributed by atoms with E-state index in [9.17, 15) is 9.59 Å². The van der Waals surface area contributed by atoms with E-state index < -0.39 is 0 Å². The van der Waals surface area contributed by atoms with E-state index in [1.54, 1.807) is 18.2 Å². The van der Waals surface area contributed by atoms with Crippen LogP contribution in [0.4, 0.5) is 11.4 Å². The van der Waals surface area contributed by atoms with Crippen molar-refractivity contribution in [3.05, 3.63) is 81.0 Å². The summed E-state index contributed by atoms with van der Waals surface area (Å²) in [6.45, 7) is 4.76. The van der Waals surface area contributed by atoms with Crippen LogP contribution in [0.1, 0.15) is 32.5 Å². The van der Waals surface area contributed by atoms with Crippen molar-refractivity contribution in [3.63, 3.8) is 0 Å². The van der Waals surface area contributed by atoms with Crippen LogP contribution in [-0.4, -0.2) is 48.0 Å². The van der Waals surface area contributed by atoms with Gasteiger partial charge in [-0.05, 0) is 66.0 Å². The molecule has 2 heterocycles. The van der Waals surface area contributed by atoms with Gasteiger partial charge >= 0.3 is 0 Å². The summed E-state index contributed by atoms with van der Waals surface area (Å²) in [6, 6.07) is 16.8. The van der Waals surface area contributed by atoms with Gasteiger partial charge < -0.3 is 15.1 Å². The fourth-order valence-electron chi connectivity index (χ4n) is 3.78. The van der Waals surface area contributed by atoms with E-state index in [4.69, 9.17) is 23.8 Å². The molecule has 0 saturated carbocycles. The predicted molar refractivity (Wildman–Crippen MR) is 143 cm³/mol. The van der Waals surface area contributed by atoms with Crippen molar-refractivity contribution in [2.45, 2.75) is 13.3 Å². The van der Waals surface area contributed by atoms with Crippen molar-refractivity contribution >= 4 is 63.5 Å². The van der Waals surface area contributed by atoms with E-state index >= 15 is 0 Å². The summed E-state index contributed by atoms with van der Waals surface area (Å²) in [7, 11) is 0. The first-order valence-electron chi connectivity index (χ1n) is 11.0.